The fourth-order valence-electron chi connectivity index (χ4n) is 4.91. The van der Waals surface area contributed by atoms with Crippen LogP contribution in [-0.2, 0) is 9.59 Å². The molecule has 1 spiro atoms. The Hall–Kier alpha value is -2.82. The minimum Gasteiger partial charge on any atom is -0.355 e. The van der Waals surface area contributed by atoms with E-state index in [4.69, 9.17) is 0 Å². The van der Waals surface area contributed by atoms with Gasteiger partial charge in [-0.2, -0.15) is 5.26 Å². The van der Waals surface area contributed by atoms with Crippen molar-refractivity contribution in [3.63, 3.8) is 0 Å². The average Bonchev–Trinajstić information content (AvgIpc) is 2.98. The second kappa shape index (κ2) is 7.15. The van der Waals surface area contributed by atoms with Gasteiger partial charge in [-0.15, -0.1) is 0 Å². The molecule has 1 aromatic heterocycles. The van der Waals surface area contributed by atoms with Crippen LogP contribution >= 0.6 is 0 Å². The highest BCUT2D eigenvalue weighted by molar-refractivity contribution is 5.97. The molecule has 4 rings (SSSR count). The summed E-state index contributed by atoms with van der Waals surface area (Å²) in [4.78, 5) is 43.0. The molecule has 30 heavy (non-hydrogen) atoms. The fraction of sp³-hybridized carbons (Fsp3) is 0.636. The first kappa shape index (κ1) is 20.5. The number of nitrogens with one attached hydrogen (secondary N) is 3. The summed E-state index contributed by atoms with van der Waals surface area (Å²) in [5.74, 6) is -0.869. The number of aromatic amines is 1. The lowest BCUT2D eigenvalue weighted by Gasteiger charge is -2.25. The van der Waals surface area contributed by atoms with Gasteiger partial charge in [0.1, 0.15) is 17.8 Å². The molecule has 3 amide bonds. The summed E-state index contributed by atoms with van der Waals surface area (Å²) < 4.78 is 0. The molecule has 0 unspecified atom stereocenters. The van der Waals surface area contributed by atoms with Crippen molar-refractivity contribution in [3.8, 4) is 6.07 Å². The van der Waals surface area contributed by atoms with Gasteiger partial charge in [-0.3, -0.25) is 14.4 Å². The van der Waals surface area contributed by atoms with Gasteiger partial charge in [0.05, 0.1) is 6.07 Å². The van der Waals surface area contributed by atoms with Crippen LogP contribution < -0.4 is 10.6 Å². The van der Waals surface area contributed by atoms with Crippen molar-refractivity contribution in [1.29, 1.82) is 5.26 Å². The SMILES string of the molecule is Cc1ccc(C(=O)N2CC3(CC3)C[C@H]2C(=O)N[C@H](C#N)C[C@@H]2CC(C)(C)NC2=O)[nH]1. The Morgan fingerprint density at radius 3 is 2.60 bits per heavy atom. The lowest BCUT2D eigenvalue weighted by atomic mass is 9.92. The summed E-state index contributed by atoms with van der Waals surface area (Å²) in [6.45, 7) is 6.35. The number of amides is 3. The Morgan fingerprint density at radius 1 is 1.33 bits per heavy atom. The molecule has 8 heteroatoms. The van der Waals surface area contributed by atoms with Gasteiger partial charge in [0.25, 0.3) is 5.91 Å². The lowest BCUT2D eigenvalue weighted by Crippen LogP contribution is -2.49. The first-order chi connectivity index (χ1) is 14.1. The van der Waals surface area contributed by atoms with Gasteiger partial charge < -0.3 is 20.5 Å². The number of hydrogen-bond acceptors (Lipinski definition) is 4. The molecule has 0 aromatic carbocycles. The molecule has 160 valence electrons. The van der Waals surface area contributed by atoms with Crippen molar-refractivity contribution in [2.45, 2.75) is 70.5 Å². The van der Waals surface area contributed by atoms with E-state index < -0.39 is 12.1 Å². The molecule has 2 saturated heterocycles. The number of nitriles is 1. The molecular formula is C22H29N5O3. The molecule has 1 aliphatic carbocycles. The van der Waals surface area contributed by atoms with Crippen LogP contribution in [0.5, 0.6) is 0 Å². The molecule has 3 N–H and O–H groups in total. The summed E-state index contributed by atoms with van der Waals surface area (Å²) in [6.07, 6.45) is 3.56. The van der Waals surface area contributed by atoms with E-state index in [2.05, 4.69) is 21.7 Å². The average molecular weight is 412 g/mol. The Labute approximate surface area is 176 Å². The van der Waals surface area contributed by atoms with Crippen LogP contribution in [0, 0.1) is 29.6 Å². The van der Waals surface area contributed by atoms with E-state index in [-0.39, 0.29) is 41.0 Å². The van der Waals surface area contributed by atoms with E-state index in [1.807, 2.05) is 26.8 Å². The third-order valence-corrected chi connectivity index (χ3v) is 6.67. The molecule has 3 atom stereocenters. The van der Waals surface area contributed by atoms with Crippen LogP contribution in [0.3, 0.4) is 0 Å². The molecule has 8 nitrogen and oxygen atoms in total. The second-order valence-corrected chi connectivity index (χ2v) is 9.91. The van der Waals surface area contributed by atoms with E-state index in [0.717, 1.165) is 18.5 Å². The maximum Gasteiger partial charge on any atom is 0.270 e. The van der Waals surface area contributed by atoms with Gasteiger partial charge in [0.2, 0.25) is 11.8 Å². The highest BCUT2D eigenvalue weighted by atomic mass is 16.2. The predicted octanol–water partition coefficient (Wildman–Crippen LogP) is 1.63. The predicted molar refractivity (Wildman–Crippen MR) is 109 cm³/mol. The number of aryl methyl sites for hydroxylation is 1. The molecule has 3 heterocycles. The Morgan fingerprint density at radius 2 is 2.07 bits per heavy atom. The summed E-state index contributed by atoms with van der Waals surface area (Å²) >= 11 is 0. The van der Waals surface area contributed by atoms with Crippen LogP contribution in [0.2, 0.25) is 0 Å². The molecule has 0 radical (unpaired) electrons. The molecule has 2 aliphatic heterocycles. The van der Waals surface area contributed by atoms with E-state index in [1.54, 1.807) is 11.0 Å². The topological polar surface area (TPSA) is 118 Å². The molecule has 1 saturated carbocycles. The number of carbonyl (C=O) groups is 3. The zero-order valence-electron chi connectivity index (χ0n) is 17.7. The largest absolute Gasteiger partial charge is 0.355 e. The number of H-pyrrole nitrogens is 1. The number of likely N-dealkylation sites (tertiary alicyclic amines) is 1. The van der Waals surface area contributed by atoms with Gasteiger partial charge in [0.15, 0.2) is 0 Å². The molecule has 0 bridgehead atoms. The van der Waals surface area contributed by atoms with Crippen molar-refractivity contribution >= 4 is 17.7 Å². The second-order valence-electron chi connectivity index (χ2n) is 9.91. The van der Waals surface area contributed by atoms with Crippen LogP contribution in [0.15, 0.2) is 12.1 Å². The van der Waals surface area contributed by atoms with E-state index in [1.165, 1.54) is 0 Å². The van der Waals surface area contributed by atoms with Crippen LogP contribution in [0.4, 0.5) is 0 Å². The van der Waals surface area contributed by atoms with Crippen LogP contribution in [-0.4, -0.2) is 51.8 Å². The van der Waals surface area contributed by atoms with Crippen molar-refractivity contribution in [3.05, 3.63) is 23.5 Å². The lowest BCUT2D eigenvalue weighted by molar-refractivity contribution is -0.126. The van der Waals surface area contributed by atoms with Crippen molar-refractivity contribution in [2.75, 3.05) is 6.54 Å². The third-order valence-electron chi connectivity index (χ3n) is 6.67. The van der Waals surface area contributed by atoms with E-state index >= 15 is 0 Å². The number of carbonyl (C=O) groups excluding carboxylic acids is 3. The minimum absolute atomic E-state index is 0.0385. The first-order valence-electron chi connectivity index (χ1n) is 10.6. The van der Waals surface area contributed by atoms with Gasteiger partial charge >= 0.3 is 0 Å². The van der Waals surface area contributed by atoms with Gasteiger partial charge in [-0.25, -0.2) is 0 Å². The summed E-state index contributed by atoms with van der Waals surface area (Å²) in [6, 6.07) is 4.35. The minimum atomic E-state index is -0.761. The van der Waals surface area contributed by atoms with E-state index in [0.29, 0.717) is 25.1 Å². The smallest absolute Gasteiger partial charge is 0.270 e. The van der Waals surface area contributed by atoms with E-state index in [9.17, 15) is 19.6 Å². The number of aromatic nitrogens is 1. The monoisotopic (exact) mass is 411 g/mol. The Kier molecular flexibility index (Phi) is 4.88. The van der Waals surface area contributed by atoms with Gasteiger partial charge in [-0.05, 0) is 70.4 Å². The molecule has 3 aliphatic rings. The normalized spacial score (nSPS) is 26.9. The van der Waals surface area contributed by atoms with Gasteiger partial charge in [-0.1, -0.05) is 0 Å². The zero-order valence-corrected chi connectivity index (χ0v) is 17.7. The van der Waals surface area contributed by atoms with Crippen molar-refractivity contribution in [1.82, 2.24) is 20.5 Å². The number of nitrogens with zero attached hydrogens (tertiary/aromatic N) is 2. The highest BCUT2D eigenvalue weighted by Crippen LogP contribution is 2.55. The molecule has 3 fully saturated rings. The van der Waals surface area contributed by atoms with Gasteiger partial charge in [0, 0.05) is 23.7 Å². The Bertz CT molecular complexity index is 923. The fourth-order valence-corrected chi connectivity index (χ4v) is 4.91. The number of rotatable bonds is 5. The van der Waals surface area contributed by atoms with Crippen LogP contribution in [0.1, 0.15) is 62.1 Å². The summed E-state index contributed by atoms with van der Waals surface area (Å²) in [5, 5.41) is 15.3. The highest BCUT2D eigenvalue weighted by Gasteiger charge is 2.55. The standard InChI is InChI=1S/C22H29N5O3/c1-13-4-5-16(24-13)20(30)27-12-22(6-7-22)10-17(27)19(29)25-15(11-23)8-14-9-21(2,3)26-18(14)28/h4-5,14-15,17,24H,6-10,12H2,1-3H3,(H,25,29)(H,26,28)/t14-,15+,17+/m1/s1. The number of hydrogen-bond donors (Lipinski definition) is 3. The zero-order chi connectivity index (χ0) is 21.7. The molecular weight excluding hydrogens is 382 g/mol. The maximum atomic E-state index is 13.1. The third kappa shape index (κ3) is 3.93. The summed E-state index contributed by atoms with van der Waals surface area (Å²) in [5.41, 5.74) is 1.11. The van der Waals surface area contributed by atoms with Crippen molar-refractivity contribution < 1.29 is 14.4 Å². The van der Waals surface area contributed by atoms with Crippen LogP contribution in [0.25, 0.3) is 0 Å². The molecule has 1 aromatic rings. The van der Waals surface area contributed by atoms with Crippen molar-refractivity contribution in [2.24, 2.45) is 11.3 Å². The maximum absolute atomic E-state index is 13.1. The Balaban J connectivity index is 1.44. The first-order valence-corrected chi connectivity index (χ1v) is 10.6. The quantitative estimate of drug-likeness (QED) is 0.682. The summed E-state index contributed by atoms with van der Waals surface area (Å²) in [7, 11) is 0.